The monoisotopic (exact) mass is 347 g/mol. The Morgan fingerprint density at radius 2 is 1.81 bits per heavy atom. The zero-order valence-corrected chi connectivity index (χ0v) is 14.1. The molecule has 2 aliphatic heterocycles. The minimum Gasteiger partial charge on any atom is -0.341 e. The molecule has 0 aromatic carbocycles. The summed E-state index contributed by atoms with van der Waals surface area (Å²) in [6, 6.07) is 3.69. The molecule has 1 saturated heterocycles. The van der Waals surface area contributed by atoms with Gasteiger partial charge in [0.2, 0.25) is 5.95 Å². The minimum atomic E-state index is -0.0612. The van der Waals surface area contributed by atoms with E-state index in [0.717, 1.165) is 36.1 Å². The smallest absolute Gasteiger partial charge is 0.262 e. The van der Waals surface area contributed by atoms with E-state index in [1.165, 1.54) is 12.8 Å². The van der Waals surface area contributed by atoms with Crippen molar-refractivity contribution in [1.29, 1.82) is 0 Å². The number of pyridine rings is 1. The molecule has 5 rings (SSSR count). The minimum absolute atomic E-state index is 0.0612. The van der Waals surface area contributed by atoms with Gasteiger partial charge in [-0.1, -0.05) is 0 Å². The molecule has 26 heavy (non-hydrogen) atoms. The molecule has 8 nitrogen and oxygen atoms in total. The van der Waals surface area contributed by atoms with Gasteiger partial charge in [0.25, 0.3) is 5.91 Å². The van der Waals surface area contributed by atoms with Crippen molar-refractivity contribution < 1.29 is 4.79 Å². The lowest BCUT2D eigenvalue weighted by Gasteiger charge is -2.15. The predicted octanol–water partition coefficient (Wildman–Crippen LogP) is 1.82. The summed E-state index contributed by atoms with van der Waals surface area (Å²) < 4.78 is 1.68. The van der Waals surface area contributed by atoms with E-state index in [-0.39, 0.29) is 5.91 Å². The SMILES string of the molecule is O=C1c2cn(-c3cnc(N4CCCC4)nc3)nc2CN1c1cccnc1. The Hall–Kier alpha value is -3.29. The fourth-order valence-corrected chi connectivity index (χ4v) is 3.44. The van der Waals surface area contributed by atoms with Crippen LogP contribution in [0.1, 0.15) is 28.9 Å². The molecule has 0 bridgehead atoms. The van der Waals surface area contributed by atoms with Crippen molar-refractivity contribution >= 4 is 17.5 Å². The molecule has 0 spiro atoms. The summed E-state index contributed by atoms with van der Waals surface area (Å²) >= 11 is 0. The average Bonchev–Trinajstić information content (AvgIpc) is 3.41. The number of aromatic nitrogens is 5. The molecular formula is C18H17N7O. The number of nitrogens with zero attached hydrogens (tertiary/aromatic N) is 7. The van der Waals surface area contributed by atoms with E-state index >= 15 is 0 Å². The highest BCUT2D eigenvalue weighted by atomic mass is 16.2. The maximum Gasteiger partial charge on any atom is 0.262 e. The normalized spacial score (nSPS) is 16.4. The molecule has 0 atom stereocenters. The van der Waals surface area contributed by atoms with Crippen LogP contribution in [-0.2, 0) is 6.54 Å². The molecule has 1 fully saturated rings. The molecule has 3 aromatic rings. The third-order valence-corrected chi connectivity index (χ3v) is 4.81. The number of hydrogen-bond donors (Lipinski definition) is 0. The van der Waals surface area contributed by atoms with Gasteiger partial charge in [-0.25, -0.2) is 14.6 Å². The van der Waals surface area contributed by atoms with Crippen LogP contribution in [0.25, 0.3) is 5.69 Å². The molecule has 2 aliphatic rings. The van der Waals surface area contributed by atoms with Crippen LogP contribution >= 0.6 is 0 Å². The average molecular weight is 347 g/mol. The summed E-state index contributed by atoms with van der Waals surface area (Å²) in [5.74, 6) is 0.693. The van der Waals surface area contributed by atoms with Crippen molar-refractivity contribution in [1.82, 2.24) is 24.7 Å². The lowest BCUT2D eigenvalue weighted by Crippen LogP contribution is -2.24. The summed E-state index contributed by atoms with van der Waals surface area (Å²) in [6.45, 7) is 2.46. The summed E-state index contributed by atoms with van der Waals surface area (Å²) in [5.41, 5.74) is 2.89. The molecule has 3 aromatic heterocycles. The van der Waals surface area contributed by atoms with Gasteiger partial charge >= 0.3 is 0 Å². The summed E-state index contributed by atoms with van der Waals surface area (Å²) in [7, 11) is 0. The number of carbonyl (C=O) groups is 1. The van der Waals surface area contributed by atoms with Crippen molar-refractivity contribution in [2.24, 2.45) is 0 Å². The Labute approximate surface area is 150 Å². The van der Waals surface area contributed by atoms with Crippen LogP contribution in [0.3, 0.4) is 0 Å². The Kier molecular flexibility index (Phi) is 3.41. The zero-order chi connectivity index (χ0) is 17.5. The van der Waals surface area contributed by atoms with E-state index in [0.29, 0.717) is 12.1 Å². The second-order valence-electron chi connectivity index (χ2n) is 6.47. The van der Waals surface area contributed by atoms with E-state index in [1.54, 1.807) is 40.6 Å². The van der Waals surface area contributed by atoms with Gasteiger partial charge in [0, 0.05) is 25.5 Å². The van der Waals surface area contributed by atoms with Gasteiger partial charge in [-0.3, -0.25) is 9.78 Å². The summed E-state index contributed by atoms with van der Waals surface area (Å²) in [6.07, 6.45) is 11.0. The van der Waals surface area contributed by atoms with Gasteiger partial charge in [0.1, 0.15) is 5.69 Å². The van der Waals surface area contributed by atoms with Gasteiger partial charge in [0.05, 0.1) is 42.1 Å². The van der Waals surface area contributed by atoms with Gasteiger partial charge in [-0.2, -0.15) is 5.10 Å². The van der Waals surface area contributed by atoms with Crippen LogP contribution in [0.15, 0.2) is 43.1 Å². The number of hydrogen-bond acceptors (Lipinski definition) is 6. The van der Waals surface area contributed by atoms with Crippen molar-refractivity contribution in [3.05, 3.63) is 54.4 Å². The standard InChI is InChI=1S/C18H17N7O/c26-17-15-11-25(14-9-20-18(21-10-14)23-6-1-2-7-23)22-16(15)12-24(17)13-4-3-5-19-8-13/h3-5,8-11H,1-2,6-7,12H2. The number of carbonyl (C=O) groups excluding carboxylic acids is 1. The molecule has 1 amide bonds. The third kappa shape index (κ3) is 2.42. The first-order valence-corrected chi connectivity index (χ1v) is 8.67. The molecule has 0 aliphatic carbocycles. The van der Waals surface area contributed by atoms with Gasteiger partial charge in [-0.15, -0.1) is 0 Å². The van der Waals surface area contributed by atoms with Crippen LogP contribution in [0, 0.1) is 0 Å². The maximum absolute atomic E-state index is 12.7. The fourth-order valence-electron chi connectivity index (χ4n) is 3.44. The second-order valence-corrected chi connectivity index (χ2v) is 6.47. The molecule has 0 unspecified atom stereocenters. The fraction of sp³-hybridized carbons (Fsp3) is 0.278. The van der Waals surface area contributed by atoms with Crippen LogP contribution < -0.4 is 9.80 Å². The Bertz CT molecular complexity index is 945. The van der Waals surface area contributed by atoms with E-state index in [1.807, 2.05) is 12.1 Å². The Morgan fingerprint density at radius 1 is 1.00 bits per heavy atom. The molecule has 0 N–H and O–H groups in total. The summed E-state index contributed by atoms with van der Waals surface area (Å²) in [5, 5.41) is 4.55. The first-order chi connectivity index (χ1) is 12.8. The van der Waals surface area contributed by atoms with Crippen molar-refractivity contribution in [2.75, 3.05) is 22.9 Å². The lowest BCUT2D eigenvalue weighted by molar-refractivity contribution is 0.0996. The molecular weight excluding hydrogens is 330 g/mol. The number of rotatable bonds is 3. The topological polar surface area (TPSA) is 80.0 Å². The lowest BCUT2D eigenvalue weighted by atomic mass is 10.3. The number of anilines is 2. The molecule has 0 radical (unpaired) electrons. The molecule has 5 heterocycles. The van der Waals surface area contributed by atoms with Crippen LogP contribution in [0.2, 0.25) is 0 Å². The maximum atomic E-state index is 12.7. The van der Waals surface area contributed by atoms with Gasteiger partial charge < -0.3 is 9.80 Å². The van der Waals surface area contributed by atoms with Crippen molar-refractivity contribution in [3.8, 4) is 5.69 Å². The quantitative estimate of drug-likeness (QED) is 0.719. The highest BCUT2D eigenvalue weighted by Gasteiger charge is 2.32. The van der Waals surface area contributed by atoms with Crippen LogP contribution in [0.4, 0.5) is 11.6 Å². The van der Waals surface area contributed by atoms with E-state index in [4.69, 9.17) is 0 Å². The van der Waals surface area contributed by atoms with Crippen molar-refractivity contribution in [3.63, 3.8) is 0 Å². The van der Waals surface area contributed by atoms with Crippen molar-refractivity contribution in [2.45, 2.75) is 19.4 Å². The highest BCUT2D eigenvalue weighted by Crippen LogP contribution is 2.27. The first-order valence-electron chi connectivity index (χ1n) is 8.67. The number of fused-ring (bicyclic) bond motifs is 1. The molecule has 8 heteroatoms. The predicted molar refractivity (Wildman–Crippen MR) is 95.4 cm³/mol. The largest absolute Gasteiger partial charge is 0.341 e. The summed E-state index contributed by atoms with van der Waals surface area (Å²) in [4.78, 5) is 29.5. The second kappa shape index (κ2) is 5.91. The van der Waals surface area contributed by atoms with Crippen LogP contribution in [-0.4, -0.2) is 43.7 Å². The first kappa shape index (κ1) is 15.0. The van der Waals surface area contributed by atoms with Crippen LogP contribution in [0.5, 0.6) is 0 Å². The van der Waals surface area contributed by atoms with E-state index in [2.05, 4.69) is 25.0 Å². The van der Waals surface area contributed by atoms with Gasteiger partial charge in [0.15, 0.2) is 0 Å². The highest BCUT2D eigenvalue weighted by molar-refractivity contribution is 6.09. The van der Waals surface area contributed by atoms with E-state index < -0.39 is 0 Å². The molecule has 0 saturated carbocycles. The van der Waals surface area contributed by atoms with E-state index in [9.17, 15) is 4.79 Å². The van der Waals surface area contributed by atoms with Gasteiger partial charge in [-0.05, 0) is 25.0 Å². The zero-order valence-electron chi connectivity index (χ0n) is 14.1. The Morgan fingerprint density at radius 3 is 2.50 bits per heavy atom. The third-order valence-electron chi connectivity index (χ3n) is 4.81. The Balaban J connectivity index is 1.39. The number of amides is 1. The molecule has 130 valence electrons.